The Morgan fingerprint density at radius 3 is 2.62 bits per heavy atom. The first kappa shape index (κ1) is 15.6. The molecule has 21 heavy (non-hydrogen) atoms. The molecule has 0 amide bonds. The van der Waals surface area contributed by atoms with Gasteiger partial charge in [-0.2, -0.15) is 0 Å². The van der Waals surface area contributed by atoms with E-state index in [0.717, 1.165) is 24.4 Å². The number of hydrogen-bond donors (Lipinski definition) is 2. The highest BCUT2D eigenvalue weighted by Gasteiger charge is 2.20. The summed E-state index contributed by atoms with van der Waals surface area (Å²) in [5, 5.41) is -0.244. The predicted octanol–water partition coefficient (Wildman–Crippen LogP) is 2.27. The van der Waals surface area contributed by atoms with Gasteiger partial charge < -0.3 is 5.73 Å². The van der Waals surface area contributed by atoms with Crippen LogP contribution in [0.3, 0.4) is 0 Å². The maximum absolute atomic E-state index is 13.6. The van der Waals surface area contributed by atoms with E-state index in [1.54, 1.807) is 0 Å². The highest BCUT2D eigenvalue weighted by atomic mass is 35.5. The van der Waals surface area contributed by atoms with Crippen LogP contribution >= 0.6 is 11.6 Å². The van der Waals surface area contributed by atoms with Crippen molar-refractivity contribution >= 4 is 27.3 Å². The summed E-state index contributed by atoms with van der Waals surface area (Å²) in [5.74, 6) is -1.77. The Bertz CT molecular complexity index is 784. The van der Waals surface area contributed by atoms with Crippen molar-refractivity contribution in [2.24, 2.45) is 5.73 Å². The fourth-order valence-electron chi connectivity index (χ4n) is 1.58. The average molecular weight is 334 g/mol. The van der Waals surface area contributed by atoms with Crippen molar-refractivity contribution in [3.8, 4) is 0 Å². The molecule has 0 aliphatic rings. The van der Waals surface area contributed by atoms with E-state index >= 15 is 0 Å². The summed E-state index contributed by atoms with van der Waals surface area (Å²) in [6, 6.07) is 3.01. The fourth-order valence-corrected chi connectivity index (χ4v) is 2.90. The number of benzene rings is 1. The number of halogens is 3. The molecule has 1 aromatic carbocycles. The Morgan fingerprint density at radius 2 is 2.00 bits per heavy atom. The monoisotopic (exact) mass is 333 g/mol. The van der Waals surface area contributed by atoms with Gasteiger partial charge in [-0.15, -0.1) is 0 Å². The van der Waals surface area contributed by atoms with Crippen LogP contribution in [-0.4, -0.2) is 13.4 Å². The van der Waals surface area contributed by atoms with Crippen molar-refractivity contribution < 1.29 is 17.2 Å². The van der Waals surface area contributed by atoms with Crippen molar-refractivity contribution in [1.82, 2.24) is 4.98 Å². The Balaban J connectivity index is 2.45. The fraction of sp³-hybridized carbons (Fsp3) is 0.0833. The SMILES string of the molecule is NCc1cc(S(=O)(=O)Nc2ccncc2F)cc(F)c1Cl. The summed E-state index contributed by atoms with van der Waals surface area (Å²) in [6.07, 6.45) is 2.07. The molecule has 0 atom stereocenters. The molecule has 3 N–H and O–H groups in total. The maximum Gasteiger partial charge on any atom is 0.262 e. The normalized spacial score (nSPS) is 11.4. The zero-order valence-electron chi connectivity index (χ0n) is 10.5. The molecule has 0 saturated carbocycles. The molecule has 0 saturated heterocycles. The minimum Gasteiger partial charge on any atom is -0.326 e. The first-order valence-electron chi connectivity index (χ1n) is 5.65. The highest BCUT2D eigenvalue weighted by Crippen LogP contribution is 2.25. The lowest BCUT2D eigenvalue weighted by Gasteiger charge is -2.11. The molecule has 112 valence electrons. The van der Waals surface area contributed by atoms with Crippen LogP contribution in [0.4, 0.5) is 14.5 Å². The van der Waals surface area contributed by atoms with Crippen molar-refractivity contribution in [2.45, 2.75) is 11.4 Å². The molecule has 0 aliphatic carbocycles. The number of nitrogens with one attached hydrogen (secondary N) is 1. The molecule has 0 fully saturated rings. The smallest absolute Gasteiger partial charge is 0.262 e. The third-order valence-electron chi connectivity index (χ3n) is 2.62. The summed E-state index contributed by atoms with van der Waals surface area (Å²) in [7, 11) is -4.18. The second-order valence-electron chi connectivity index (χ2n) is 4.04. The predicted molar refractivity (Wildman–Crippen MR) is 74.3 cm³/mol. The molecule has 2 rings (SSSR count). The molecule has 0 unspecified atom stereocenters. The van der Waals surface area contributed by atoms with Gasteiger partial charge in [0.25, 0.3) is 10.0 Å². The van der Waals surface area contributed by atoms with Crippen molar-refractivity contribution in [1.29, 1.82) is 0 Å². The summed E-state index contributed by atoms with van der Waals surface area (Å²) in [5.41, 5.74) is 5.21. The van der Waals surface area contributed by atoms with Gasteiger partial charge in [0.15, 0.2) is 5.82 Å². The third-order valence-corrected chi connectivity index (χ3v) is 4.39. The number of nitrogens with two attached hydrogens (primary N) is 1. The second kappa shape index (κ2) is 5.92. The average Bonchev–Trinajstić information content (AvgIpc) is 2.44. The largest absolute Gasteiger partial charge is 0.326 e. The van der Waals surface area contributed by atoms with Gasteiger partial charge >= 0.3 is 0 Å². The molecule has 1 heterocycles. The van der Waals surface area contributed by atoms with Gasteiger partial charge in [-0.05, 0) is 23.8 Å². The van der Waals surface area contributed by atoms with Gasteiger partial charge in [-0.1, -0.05) is 11.6 Å². The van der Waals surface area contributed by atoms with E-state index in [-0.39, 0.29) is 22.8 Å². The van der Waals surface area contributed by atoms with Gasteiger partial charge in [0.1, 0.15) is 5.82 Å². The van der Waals surface area contributed by atoms with E-state index < -0.39 is 26.6 Å². The lowest BCUT2D eigenvalue weighted by atomic mass is 10.2. The minimum absolute atomic E-state index is 0.132. The lowest BCUT2D eigenvalue weighted by Crippen LogP contribution is -2.15. The quantitative estimate of drug-likeness (QED) is 0.898. The summed E-state index contributed by atoms with van der Waals surface area (Å²) in [4.78, 5) is 3.10. The Morgan fingerprint density at radius 1 is 1.29 bits per heavy atom. The minimum atomic E-state index is -4.18. The van der Waals surface area contributed by atoms with Crippen LogP contribution in [0.15, 0.2) is 35.5 Å². The Hall–Kier alpha value is -1.77. The second-order valence-corrected chi connectivity index (χ2v) is 6.10. The molecule has 2 aromatic rings. The Kier molecular flexibility index (Phi) is 4.40. The highest BCUT2D eigenvalue weighted by molar-refractivity contribution is 7.92. The summed E-state index contributed by atoms with van der Waals surface area (Å²) in [6.45, 7) is -0.136. The topological polar surface area (TPSA) is 85.1 Å². The van der Waals surface area contributed by atoms with E-state index in [1.165, 1.54) is 6.20 Å². The zero-order chi connectivity index (χ0) is 15.6. The molecule has 0 aliphatic heterocycles. The van der Waals surface area contributed by atoms with Crippen LogP contribution in [0.5, 0.6) is 0 Å². The molecule has 5 nitrogen and oxygen atoms in total. The Labute approximate surface area is 124 Å². The van der Waals surface area contributed by atoms with Gasteiger partial charge in [-0.25, -0.2) is 17.2 Å². The van der Waals surface area contributed by atoms with E-state index in [0.29, 0.717) is 0 Å². The number of hydrogen-bond acceptors (Lipinski definition) is 4. The van der Waals surface area contributed by atoms with Crippen LogP contribution in [0.2, 0.25) is 5.02 Å². The van der Waals surface area contributed by atoms with Gasteiger partial charge in [-0.3, -0.25) is 9.71 Å². The van der Waals surface area contributed by atoms with Gasteiger partial charge in [0, 0.05) is 12.7 Å². The lowest BCUT2D eigenvalue weighted by molar-refractivity contribution is 0.592. The molecule has 0 bridgehead atoms. The molecular formula is C12H10ClF2N3O2S. The summed E-state index contributed by atoms with van der Waals surface area (Å²) < 4.78 is 53.3. The van der Waals surface area contributed by atoms with E-state index in [1.807, 2.05) is 4.72 Å². The molecule has 0 radical (unpaired) electrons. The van der Waals surface area contributed by atoms with Crippen LogP contribution in [0.25, 0.3) is 0 Å². The van der Waals surface area contributed by atoms with E-state index in [9.17, 15) is 17.2 Å². The first-order chi connectivity index (χ1) is 9.85. The number of anilines is 1. The first-order valence-corrected chi connectivity index (χ1v) is 7.51. The van der Waals surface area contributed by atoms with Gasteiger partial charge in [0.2, 0.25) is 0 Å². The number of nitrogens with zero attached hydrogens (tertiary/aromatic N) is 1. The maximum atomic E-state index is 13.6. The third kappa shape index (κ3) is 3.29. The molecular weight excluding hydrogens is 324 g/mol. The zero-order valence-corrected chi connectivity index (χ0v) is 12.0. The van der Waals surface area contributed by atoms with E-state index in [2.05, 4.69) is 4.98 Å². The van der Waals surface area contributed by atoms with Gasteiger partial charge in [0.05, 0.1) is 21.8 Å². The van der Waals surface area contributed by atoms with Crippen molar-refractivity contribution in [3.05, 3.63) is 52.8 Å². The number of rotatable bonds is 4. The van der Waals surface area contributed by atoms with Crippen molar-refractivity contribution in [3.63, 3.8) is 0 Å². The van der Waals surface area contributed by atoms with E-state index in [4.69, 9.17) is 17.3 Å². The number of aromatic nitrogens is 1. The molecule has 1 aromatic heterocycles. The van der Waals surface area contributed by atoms with Crippen LogP contribution in [0, 0.1) is 11.6 Å². The van der Waals surface area contributed by atoms with Crippen LogP contribution in [-0.2, 0) is 16.6 Å². The number of pyridine rings is 1. The van der Waals surface area contributed by atoms with Crippen LogP contribution in [0.1, 0.15) is 5.56 Å². The van der Waals surface area contributed by atoms with Crippen molar-refractivity contribution in [2.75, 3.05) is 4.72 Å². The number of sulfonamides is 1. The summed E-state index contributed by atoms with van der Waals surface area (Å²) >= 11 is 5.66. The standard InChI is InChI=1S/C12H10ClF2N3O2S/c13-12-7(5-16)3-8(4-9(12)14)21(19,20)18-11-1-2-17-6-10(11)15/h1-4,6H,5,16H2,(H,17,18). The molecule has 0 spiro atoms. The van der Waals surface area contributed by atoms with Crippen LogP contribution < -0.4 is 10.5 Å². The molecule has 9 heteroatoms.